The smallest absolute Gasteiger partial charge is 0.340 e. The molecule has 1 amide bonds. The molecule has 8 rings (SSSR count). The summed E-state index contributed by atoms with van der Waals surface area (Å²) in [4.78, 5) is 32.6. The lowest BCUT2D eigenvalue weighted by atomic mass is 9.93. The van der Waals surface area contributed by atoms with E-state index >= 15 is 0 Å². The van der Waals surface area contributed by atoms with Gasteiger partial charge in [0.2, 0.25) is 0 Å². The zero-order valence-corrected chi connectivity index (χ0v) is 47.4. The second-order valence-corrected chi connectivity index (χ2v) is 21.4. The molecule has 4 N–H and O–H groups in total. The van der Waals surface area contributed by atoms with Crippen LogP contribution in [0.4, 0.5) is 11.4 Å². The van der Waals surface area contributed by atoms with Crippen molar-refractivity contribution in [3.05, 3.63) is 198 Å². The third kappa shape index (κ3) is 17.2. The number of aliphatic hydroxyl groups is 2. The van der Waals surface area contributed by atoms with E-state index in [0.717, 1.165) is 48.1 Å². The summed E-state index contributed by atoms with van der Waals surface area (Å²) >= 11 is 37.1. The van der Waals surface area contributed by atoms with Crippen LogP contribution < -0.4 is 15.1 Å². The van der Waals surface area contributed by atoms with Crippen LogP contribution in [0.15, 0.2) is 146 Å². The van der Waals surface area contributed by atoms with Gasteiger partial charge in [0, 0.05) is 71.4 Å². The van der Waals surface area contributed by atoms with Gasteiger partial charge in [0.05, 0.1) is 33.5 Å². The number of carbonyl (C=O) groups excluding carboxylic acids is 1. The van der Waals surface area contributed by atoms with Crippen molar-refractivity contribution in [1.82, 2.24) is 15.1 Å². The summed E-state index contributed by atoms with van der Waals surface area (Å²) in [5.74, 6) is -1.57. The first-order valence-corrected chi connectivity index (χ1v) is 26.8. The van der Waals surface area contributed by atoms with Gasteiger partial charge in [-0.25, -0.2) is 4.79 Å². The molecule has 404 valence electrons. The number of benzene rings is 6. The summed E-state index contributed by atoms with van der Waals surface area (Å²) in [5, 5.41) is 36.5. The molecule has 2 saturated heterocycles. The fourth-order valence-electron chi connectivity index (χ4n) is 9.04. The number of amides is 1. The van der Waals surface area contributed by atoms with E-state index in [1.165, 1.54) is 12.5 Å². The lowest BCUT2D eigenvalue weighted by Crippen LogP contribution is -2.55. The van der Waals surface area contributed by atoms with Crippen LogP contribution in [0.25, 0.3) is 0 Å². The van der Waals surface area contributed by atoms with Gasteiger partial charge in [0.1, 0.15) is 0 Å². The van der Waals surface area contributed by atoms with Crippen LogP contribution >= 0.6 is 69.6 Å². The first-order chi connectivity index (χ1) is 35.1. The van der Waals surface area contributed by atoms with Crippen molar-refractivity contribution in [3.8, 4) is 0 Å². The number of piperazine rings is 2. The Kier molecular flexibility index (Phi) is 24.6. The topological polar surface area (TPSA) is 120 Å². The molecule has 0 unspecified atom stereocenters. The molecule has 2 aliphatic heterocycles. The van der Waals surface area contributed by atoms with Gasteiger partial charge in [0.25, 0.3) is 5.91 Å². The van der Waals surface area contributed by atoms with Crippen molar-refractivity contribution in [1.29, 1.82) is 0 Å². The molecule has 6 aromatic rings. The van der Waals surface area contributed by atoms with E-state index in [-0.39, 0.29) is 25.4 Å². The molecule has 0 saturated carbocycles. The molecular weight excluding hydrogens is 1070 g/mol. The van der Waals surface area contributed by atoms with Gasteiger partial charge in [0.15, 0.2) is 11.2 Å². The molecule has 0 spiro atoms. The van der Waals surface area contributed by atoms with Gasteiger partial charge >= 0.3 is 5.97 Å². The zero-order chi connectivity index (χ0) is 54.3. The minimum Gasteiger partial charge on any atom is -0.479 e. The van der Waals surface area contributed by atoms with Gasteiger partial charge in [-0.1, -0.05) is 169 Å². The largest absolute Gasteiger partial charge is 0.479 e. The molecule has 0 bridgehead atoms. The lowest BCUT2D eigenvalue weighted by molar-refractivity contribution is -0.157. The number of hydrogen-bond acceptors (Lipinski definition) is 8. The second kappa shape index (κ2) is 29.3. The van der Waals surface area contributed by atoms with Gasteiger partial charge in [-0.2, -0.15) is 0 Å². The maximum atomic E-state index is 13.4. The van der Waals surface area contributed by atoms with Gasteiger partial charge in [-0.05, 0) is 131 Å². The van der Waals surface area contributed by atoms with Crippen molar-refractivity contribution in [3.63, 3.8) is 0 Å². The molecule has 2 aliphatic rings. The highest BCUT2D eigenvalue weighted by Gasteiger charge is 2.40. The third-order valence-corrected chi connectivity index (χ3v) is 14.6. The van der Waals surface area contributed by atoms with E-state index in [0.29, 0.717) is 68.0 Å². The van der Waals surface area contributed by atoms with E-state index in [4.69, 9.17) is 74.7 Å². The highest BCUT2D eigenvalue weighted by atomic mass is 35.5. The number of halogens is 6. The van der Waals surface area contributed by atoms with Crippen LogP contribution in [-0.4, -0.2) is 94.9 Å². The Labute approximate surface area is 474 Å². The van der Waals surface area contributed by atoms with Crippen LogP contribution in [0, 0.1) is 0 Å². The Bertz CT molecular complexity index is 2710. The number of nitrogens with one attached hydrogen (secondary N) is 1. The Hall–Kier alpha value is -4.56. The maximum Gasteiger partial charge on any atom is 0.340 e. The Morgan fingerprint density at radius 2 is 1.01 bits per heavy atom. The van der Waals surface area contributed by atoms with Crippen LogP contribution in [-0.2, 0) is 20.8 Å². The fraction of sp³-hybridized carbons (Fsp3) is 0.356. The fourth-order valence-corrected chi connectivity index (χ4v) is 10.3. The highest BCUT2D eigenvalue weighted by molar-refractivity contribution is 6.37. The average molecular weight is 1140 g/mol. The number of carboxylic acids is 1. The van der Waals surface area contributed by atoms with Crippen molar-refractivity contribution in [2.75, 3.05) is 55.6 Å². The van der Waals surface area contributed by atoms with Crippen LogP contribution in [0.2, 0.25) is 30.1 Å². The number of carbonyl (C=O) groups is 2. The standard InChI is InChI=1S/C25H23Cl3N2O2.C16H15Cl3N2.C9H10O3.C8H19N.CH4/c1-25(32,18-5-3-2-4-6-18)24(31)29-13-14-30(22-12-11-20(27)15-21(22)28)23(16-29)17-7-9-19(26)10-8-17;17-12-3-1-11(2-4-12)16-10-20-7-8-21(16)15-6-5-13(18)9-14(15)19;1-9(12,8(10)11)7-5-3-2-4-6-7;1-6-9(7(2)3)8(4)5;/h2-12,15,23,32H,13-14,16H2,1H3;1-6,9,16,20H,7-8,10H2;2-6,12H,1H3,(H,10,11);7-8H,6H2,1-5H3;1H4/t23-,25-;16-;9-;;/m000../s1. The summed E-state index contributed by atoms with van der Waals surface area (Å²) in [6.07, 6.45) is 0. The van der Waals surface area contributed by atoms with Crippen LogP contribution in [0.5, 0.6) is 0 Å². The van der Waals surface area contributed by atoms with E-state index in [2.05, 4.69) is 66.8 Å². The highest BCUT2D eigenvalue weighted by Crippen LogP contribution is 2.39. The summed E-state index contributed by atoms with van der Waals surface area (Å²) in [5.41, 5.74) is 1.62. The third-order valence-electron chi connectivity index (χ3n) is 13.1. The quantitative estimate of drug-likeness (QED) is 0.101. The maximum absolute atomic E-state index is 13.4. The number of rotatable bonds is 11. The molecule has 0 aromatic heterocycles. The van der Waals surface area contributed by atoms with Crippen LogP contribution in [0.1, 0.15) is 90.2 Å². The molecule has 10 nitrogen and oxygen atoms in total. The lowest BCUT2D eigenvalue weighted by Gasteiger charge is -2.45. The minimum atomic E-state index is -1.79. The van der Waals surface area contributed by atoms with Gasteiger partial charge in [-0.3, -0.25) is 9.69 Å². The Balaban J connectivity index is 0.000000242. The number of nitrogens with zero attached hydrogens (tertiary/aromatic N) is 4. The van der Waals surface area contributed by atoms with E-state index in [1.807, 2.05) is 72.8 Å². The number of anilines is 2. The first kappa shape index (κ1) is 63.0. The van der Waals surface area contributed by atoms with E-state index in [1.54, 1.807) is 72.5 Å². The number of aliphatic carboxylic acids is 1. The number of carboxylic acid groups (broad SMARTS) is 1. The first-order valence-electron chi connectivity index (χ1n) is 24.6. The number of hydrogen-bond donors (Lipinski definition) is 4. The molecular formula is C59H71Cl6N5O5. The predicted molar refractivity (Wildman–Crippen MR) is 314 cm³/mol. The van der Waals surface area contributed by atoms with Crippen molar-refractivity contribution >= 4 is 92.9 Å². The summed E-state index contributed by atoms with van der Waals surface area (Å²) < 4.78 is 0. The SMILES string of the molecule is C.CCN(C(C)C)C(C)C.C[C@@](O)(C(=O)N1CCN(c2ccc(Cl)cc2Cl)[C@H](c2ccc(Cl)cc2)C1)c1ccccc1.C[C@@](O)(C(=O)O)c1ccccc1.Clc1ccc([C@@H]2CNCCN2c2ccc(Cl)cc2Cl)cc1. The average Bonchev–Trinajstić information content (AvgIpc) is 3.37. The Morgan fingerprint density at radius 3 is 1.41 bits per heavy atom. The van der Waals surface area contributed by atoms with Gasteiger partial charge < -0.3 is 35.3 Å². The van der Waals surface area contributed by atoms with Crippen molar-refractivity contribution in [2.24, 2.45) is 0 Å². The second-order valence-electron chi connectivity index (χ2n) is 18.9. The molecule has 2 fully saturated rings. The molecule has 75 heavy (non-hydrogen) atoms. The summed E-state index contributed by atoms with van der Waals surface area (Å²) in [7, 11) is 0. The minimum absolute atomic E-state index is 0. The summed E-state index contributed by atoms with van der Waals surface area (Å²) in [6, 6.07) is 45.4. The van der Waals surface area contributed by atoms with Crippen molar-refractivity contribution in [2.45, 2.75) is 91.3 Å². The van der Waals surface area contributed by atoms with E-state index < -0.39 is 17.2 Å². The zero-order valence-electron chi connectivity index (χ0n) is 42.8. The van der Waals surface area contributed by atoms with Gasteiger partial charge in [-0.15, -0.1) is 0 Å². The van der Waals surface area contributed by atoms with Crippen molar-refractivity contribution < 1.29 is 24.9 Å². The predicted octanol–water partition coefficient (Wildman–Crippen LogP) is 14.5. The molecule has 0 aliphatic carbocycles. The normalized spacial score (nSPS) is 17.0. The summed E-state index contributed by atoms with van der Waals surface area (Å²) in [6.45, 7) is 19.2. The molecule has 6 aromatic carbocycles. The van der Waals surface area contributed by atoms with Crippen LogP contribution in [0.3, 0.4) is 0 Å². The monoisotopic (exact) mass is 1140 g/mol. The molecule has 16 heteroatoms. The molecule has 4 atom stereocenters. The molecule has 0 radical (unpaired) electrons. The Morgan fingerprint density at radius 1 is 0.600 bits per heavy atom. The van der Waals surface area contributed by atoms with E-state index in [9.17, 15) is 19.8 Å². The molecule has 2 heterocycles.